The molecule has 0 bridgehead atoms. The molecule has 0 aliphatic carbocycles. The highest BCUT2D eigenvalue weighted by molar-refractivity contribution is 7.19. The molecular formula is C53H49N5Si. The summed E-state index contributed by atoms with van der Waals surface area (Å²) in [6.45, 7) is 15.8. The summed E-state index contributed by atoms with van der Waals surface area (Å²) in [6, 6.07) is 61.1. The maximum atomic E-state index is 5.94. The predicted molar refractivity (Wildman–Crippen MR) is 251 cm³/mol. The number of fused-ring (bicyclic) bond motifs is 6. The van der Waals surface area contributed by atoms with Gasteiger partial charge in [0.15, 0.2) is 5.82 Å². The minimum Gasteiger partial charge on any atom is -0.294 e. The number of aromatic nitrogens is 5. The van der Waals surface area contributed by atoms with Crippen LogP contribution < -0.4 is 20.9 Å². The van der Waals surface area contributed by atoms with Crippen molar-refractivity contribution in [3.8, 4) is 11.5 Å². The van der Waals surface area contributed by atoms with Gasteiger partial charge in [-0.3, -0.25) is 14.2 Å². The second-order valence-corrected chi connectivity index (χ2v) is 21.9. The van der Waals surface area contributed by atoms with Crippen molar-refractivity contribution in [2.75, 3.05) is 0 Å². The third kappa shape index (κ3) is 5.88. The topological polar surface area (TPSA) is 51.4 Å². The molecule has 290 valence electrons. The summed E-state index contributed by atoms with van der Waals surface area (Å²) < 4.78 is 4.67. The van der Waals surface area contributed by atoms with E-state index in [1.54, 1.807) is 0 Å². The van der Waals surface area contributed by atoms with Crippen molar-refractivity contribution in [2.45, 2.75) is 59.3 Å². The predicted octanol–water partition coefficient (Wildman–Crippen LogP) is 10.3. The highest BCUT2D eigenvalue weighted by Crippen LogP contribution is 2.34. The van der Waals surface area contributed by atoms with Crippen LogP contribution in [0.4, 0.5) is 0 Å². The van der Waals surface area contributed by atoms with E-state index in [1.165, 1.54) is 42.8 Å². The molecule has 1 N–H and O–H groups in total. The molecule has 0 radical (unpaired) electrons. The average molecular weight is 784 g/mol. The third-order valence-corrected chi connectivity index (χ3v) is 16.9. The summed E-state index contributed by atoms with van der Waals surface area (Å²) in [5.74, 6) is 0.883. The van der Waals surface area contributed by atoms with Crippen molar-refractivity contribution in [3.05, 3.63) is 181 Å². The van der Waals surface area contributed by atoms with Crippen molar-refractivity contribution in [1.29, 1.82) is 0 Å². The van der Waals surface area contributed by atoms with Crippen LogP contribution in [0.2, 0.25) is 0 Å². The number of H-pyrrole nitrogens is 1. The van der Waals surface area contributed by atoms with Gasteiger partial charge in [0, 0.05) is 44.3 Å². The van der Waals surface area contributed by atoms with Gasteiger partial charge < -0.3 is 0 Å². The molecule has 10 rings (SSSR count). The Morgan fingerprint density at radius 3 is 1.56 bits per heavy atom. The minimum atomic E-state index is -3.20. The summed E-state index contributed by atoms with van der Waals surface area (Å²) in [5.41, 5.74) is 9.13. The molecule has 0 unspecified atom stereocenters. The van der Waals surface area contributed by atoms with Gasteiger partial charge in [0.25, 0.3) is 0 Å². The summed E-state index contributed by atoms with van der Waals surface area (Å²) in [5, 5.41) is 17.7. The zero-order valence-corrected chi connectivity index (χ0v) is 35.9. The normalized spacial score (nSPS) is 12.7. The second-order valence-electron chi connectivity index (χ2n) is 18.2. The molecule has 0 saturated heterocycles. The van der Waals surface area contributed by atoms with Crippen LogP contribution in [0.5, 0.6) is 0 Å². The van der Waals surface area contributed by atoms with E-state index in [0.717, 1.165) is 50.1 Å². The standard InChI is InChI=1S/C53H49N5Si/c1-35-33-49(56-55-35)58-47-20-14-11-17-42(47)44-30-29-41(34-48(44)58)59(39-25-21-36(22-26-39)52(2,3)4,40-27-23-37(24-28-40)53(5,6)7)50-32-31-45-43-18-12-13-19-46(43)57(51(45)54-50)38-15-9-8-10-16-38/h8-34H,1-7H3,(H,55,56). The summed E-state index contributed by atoms with van der Waals surface area (Å²) >= 11 is 0. The molecule has 4 aromatic heterocycles. The van der Waals surface area contributed by atoms with Gasteiger partial charge in [-0.15, -0.1) is 0 Å². The number of hydrogen-bond donors (Lipinski definition) is 1. The lowest BCUT2D eigenvalue weighted by atomic mass is 9.87. The first-order valence-electron chi connectivity index (χ1n) is 20.7. The van der Waals surface area contributed by atoms with Gasteiger partial charge in [-0.2, -0.15) is 5.10 Å². The van der Waals surface area contributed by atoms with Gasteiger partial charge >= 0.3 is 0 Å². The Kier molecular flexibility index (Phi) is 8.45. The largest absolute Gasteiger partial charge is 0.294 e. The van der Waals surface area contributed by atoms with E-state index in [-0.39, 0.29) is 10.8 Å². The first-order valence-corrected chi connectivity index (χ1v) is 22.7. The van der Waals surface area contributed by atoms with Crippen LogP contribution >= 0.6 is 0 Å². The van der Waals surface area contributed by atoms with E-state index < -0.39 is 8.07 Å². The van der Waals surface area contributed by atoms with Gasteiger partial charge in [-0.05, 0) is 86.9 Å². The van der Waals surface area contributed by atoms with E-state index in [9.17, 15) is 0 Å². The fourth-order valence-corrected chi connectivity index (χ4v) is 13.8. The van der Waals surface area contributed by atoms with Crippen LogP contribution in [0.25, 0.3) is 55.2 Å². The van der Waals surface area contributed by atoms with Gasteiger partial charge in [0.05, 0.1) is 16.6 Å². The molecule has 0 aliphatic heterocycles. The van der Waals surface area contributed by atoms with E-state index in [0.29, 0.717) is 0 Å². The fourth-order valence-electron chi connectivity index (χ4n) is 9.24. The van der Waals surface area contributed by atoms with E-state index in [4.69, 9.17) is 10.1 Å². The van der Waals surface area contributed by atoms with Gasteiger partial charge in [-0.25, -0.2) is 4.98 Å². The Labute approximate surface area is 347 Å². The Bertz CT molecular complexity index is 3110. The van der Waals surface area contributed by atoms with Gasteiger partial charge in [-0.1, -0.05) is 157 Å². The molecule has 0 fully saturated rings. The molecule has 0 spiro atoms. The van der Waals surface area contributed by atoms with Crippen LogP contribution in [0.1, 0.15) is 58.4 Å². The zero-order chi connectivity index (χ0) is 40.7. The van der Waals surface area contributed by atoms with Crippen molar-refractivity contribution in [3.63, 3.8) is 0 Å². The number of pyridine rings is 1. The Hall–Kier alpha value is -6.50. The van der Waals surface area contributed by atoms with Crippen LogP contribution in [-0.4, -0.2) is 32.4 Å². The van der Waals surface area contributed by atoms with Crippen LogP contribution in [0.15, 0.2) is 164 Å². The second kappa shape index (κ2) is 13.5. The monoisotopic (exact) mass is 783 g/mol. The molecule has 6 aromatic carbocycles. The lowest BCUT2D eigenvalue weighted by Gasteiger charge is -2.34. The number of nitrogens with zero attached hydrogens (tertiary/aromatic N) is 4. The summed E-state index contributed by atoms with van der Waals surface area (Å²) in [4.78, 5) is 5.94. The number of aryl methyl sites for hydroxylation is 1. The van der Waals surface area contributed by atoms with E-state index in [2.05, 4.69) is 226 Å². The summed E-state index contributed by atoms with van der Waals surface area (Å²) in [7, 11) is -3.20. The van der Waals surface area contributed by atoms with Crippen LogP contribution in [0.3, 0.4) is 0 Å². The number of aromatic amines is 1. The number of benzene rings is 6. The molecule has 0 atom stereocenters. The van der Waals surface area contributed by atoms with Gasteiger partial charge in [0.2, 0.25) is 8.07 Å². The summed E-state index contributed by atoms with van der Waals surface area (Å²) in [6.07, 6.45) is 0. The smallest absolute Gasteiger partial charge is 0.202 e. The number of rotatable bonds is 6. The molecule has 0 amide bonds. The quantitative estimate of drug-likeness (QED) is 0.135. The SMILES string of the molecule is Cc1cc(-n2c3ccccc3c3ccc([Si](c4ccc(C(C)(C)C)cc4)(c4ccc(C(C)(C)C)cc4)c4ccc5c6ccccc6n(-c6ccccc6)c5n4)cc32)n[nH]1. The number of para-hydroxylation sites is 3. The van der Waals surface area contributed by atoms with Crippen LogP contribution in [-0.2, 0) is 10.8 Å². The molecule has 59 heavy (non-hydrogen) atoms. The van der Waals surface area contributed by atoms with Crippen molar-refractivity contribution in [2.24, 2.45) is 0 Å². The molecule has 4 heterocycles. The van der Waals surface area contributed by atoms with Gasteiger partial charge in [0.1, 0.15) is 5.65 Å². The number of hydrogen-bond acceptors (Lipinski definition) is 2. The van der Waals surface area contributed by atoms with E-state index >= 15 is 0 Å². The first-order chi connectivity index (χ1) is 28.4. The molecule has 10 aromatic rings. The highest BCUT2D eigenvalue weighted by atomic mass is 28.3. The average Bonchev–Trinajstić information content (AvgIpc) is 3.92. The third-order valence-electron chi connectivity index (χ3n) is 12.3. The fraction of sp³-hybridized carbons (Fsp3) is 0.170. The lowest BCUT2D eigenvalue weighted by Crippen LogP contribution is -2.75. The molecule has 0 saturated carbocycles. The maximum Gasteiger partial charge on any atom is 0.202 e. The molecule has 6 heteroatoms. The van der Waals surface area contributed by atoms with Crippen LogP contribution in [0, 0.1) is 6.92 Å². The zero-order valence-electron chi connectivity index (χ0n) is 34.9. The first kappa shape index (κ1) is 36.8. The van der Waals surface area contributed by atoms with Crippen molar-refractivity contribution < 1.29 is 0 Å². The molecular weight excluding hydrogens is 735 g/mol. The Morgan fingerprint density at radius 2 is 0.983 bits per heavy atom. The molecule has 5 nitrogen and oxygen atoms in total. The number of nitrogens with one attached hydrogen (secondary N) is 1. The maximum absolute atomic E-state index is 5.94. The highest BCUT2D eigenvalue weighted by Gasteiger charge is 2.44. The van der Waals surface area contributed by atoms with Crippen molar-refractivity contribution in [1.82, 2.24) is 24.3 Å². The minimum absolute atomic E-state index is 0.00637. The molecule has 0 aliphatic rings. The van der Waals surface area contributed by atoms with Crippen molar-refractivity contribution >= 4 is 72.7 Å². The Morgan fingerprint density at radius 1 is 0.475 bits per heavy atom. The lowest BCUT2D eigenvalue weighted by molar-refractivity contribution is 0.590. The van der Waals surface area contributed by atoms with E-state index in [1.807, 2.05) is 0 Å². The Balaban J connectivity index is 1.36.